The molecule has 0 fully saturated rings. The average molecular weight is 327 g/mol. The quantitative estimate of drug-likeness (QED) is 0.755. The first-order valence-corrected chi connectivity index (χ1v) is 8.24. The van der Waals surface area contributed by atoms with Crippen LogP contribution in [0.4, 0.5) is 0 Å². The number of carbonyl (C=O) groups excluding carboxylic acids is 1. The fourth-order valence-corrected chi connectivity index (χ4v) is 3.02. The lowest BCUT2D eigenvalue weighted by molar-refractivity contribution is -0.121. The van der Waals surface area contributed by atoms with Gasteiger partial charge in [-0.05, 0) is 17.0 Å². The molecule has 23 heavy (non-hydrogen) atoms. The van der Waals surface area contributed by atoms with Gasteiger partial charge in [-0.1, -0.05) is 36.4 Å². The number of nitrogens with zero attached hydrogens (tertiary/aromatic N) is 2. The highest BCUT2D eigenvalue weighted by atomic mass is 32.1. The zero-order chi connectivity index (χ0) is 16.1. The highest BCUT2D eigenvalue weighted by Crippen LogP contribution is 2.18. The van der Waals surface area contributed by atoms with E-state index in [2.05, 4.69) is 15.5 Å². The van der Waals surface area contributed by atoms with Gasteiger partial charge in [0.2, 0.25) is 17.7 Å². The smallest absolute Gasteiger partial charge is 0.239 e. The van der Waals surface area contributed by atoms with Gasteiger partial charge in [-0.15, -0.1) is 21.5 Å². The monoisotopic (exact) mass is 327 g/mol. The third-order valence-electron chi connectivity index (χ3n) is 3.37. The normalized spacial score (nSPS) is 12.0. The number of thiophene rings is 1. The van der Waals surface area contributed by atoms with Crippen LogP contribution in [-0.4, -0.2) is 16.1 Å². The Morgan fingerprint density at radius 3 is 2.70 bits per heavy atom. The third kappa shape index (κ3) is 4.26. The van der Waals surface area contributed by atoms with Gasteiger partial charge in [0.05, 0.1) is 6.42 Å². The van der Waals surface area contributed by atoms with Crippen LogP contribution in [0.25, 0.3) is 0 Å². The third-order valence-corrected chi connectivity index (χ3v) is 4.25. The summed E-state index contributed by atoms with van der Waals surface area (Å²) in [5.41, 5.74) is 1.10. The molecule has 0 saturated heterocycles. The zero-order valence-electron chi connectivity index (χ0n) is 12.7. The van der Waals surface area contributed by atoms with Gasteiger partial charge in [-0.3, -0.25) is 4.79 Å². The molecular formula is C17H17N3O2S. The van der Waals surface area contributed by atoms with Crippen LogP contribution >= 0.6 is 11.3 Å². The Labute approximate surface area is 138 Å². The molecule has 0 radical (unpaired) electrons. The molecule has 2 heterocycles. The summed E-state index contributed by atoms with van der Waals surface area (Å²) in [5, 5.41) is 12.9. The molecule has 0 bridgehead atoms. The summed E-state index contributed by atoms with van der Waals surface area (Å²) in [6.07, 6.45) is 0.967. The minimum atomic E-state index is -0.328. The summed E-state index contributed by atoms with van der Waals surface area (Å²) in [4.78, 5) is 13.3. The van der Waals surface area contributed by atoms with Crippen molar-refractivity contribution in [1.82, 2.24) is 15.5 Å². The summed E-state index contributed by atoms with van der Waals surface area (Å²) in [6, 6.07) is 13.5. The Morgan fingerprint density at radius 1 is 1.22 bits per heavy atom. The van der Waals surface area contributed by atoms with Gasteiger partial charge >= 0.3 is 0 Å². The summed E-state index contributed by atoms with van der Waals surface area (Å²) in [7, 11) is 0. The van der Waals surface area contributed by atoms with E-state index in [1.807, 2.05) is 47.8 Å². The van der Waals surface area contributed by atoms with Crippen LogP contribution in [0.5, 0.6) is 0 Å². The number of benzene rings is 1. The molecule has 118 valence electrons. The van der Waals surface area contributed by atoms with Crippen LogP contribution in [-0.2, 0) is 17.6 Å². The molecule has 1 atom stereocenters. The maximum absolute atomic E-state index is 12.3. The number of hydrogen-bond donors (Lipinski definition) is 1. The molecule has 1 N–H and O–H groups in total. The van der Waals surface area contributed by atoms with Gasteiger partial charge in [0.25, 0.3) is 0 Å². The van der Waals surface area contributed by atoms with Gasteiger partial charge in [0.1, 0.15) is 6.04 Å². The molecule has 3 aromatic rings. The molecule has 1 unspecified atom stereocenters. The van der Waals surface area contributed by atoms with Crippen molar-refractivity contribution < 1.29 is 9.21 Å². The van der Waals surface area contributed by atoms with Crippen molar-refractivity contribution in [3.8, 4) is 0 Å². The maximum atomic E-state index is 12.3. The molecular weight excluding hydrogens is 310 g/mol. The molecule has 5 nitrogen and oxygen atoms in total. The van der Waals surface area contributed by atoms with Crippen molar-refractivity contribution in [2.75, 3.05) is 0 Å². The van der Waals surface area contributed by atoms with Gasteiger partial charge in [0.15, 0.2) is 0 Å². The van der Waals surface area contributed by atoms with E-state index >= 15 is 0 Å². The van der Waals surface area contributed by atoms with Crippen molar-refractivity contribution in [1.29, 1.82) is 0 Å². The van der Waals surface area contributed by atoms with Crippen LogP contribution in [0.1, 0.15) is 28.3 Å². The van der Waals surface area contributed by atoms with E-state index in [0.717, 1.165) is 10.4 Å². The van der Waals surface area contributed by atoms with E-state index in [9.17, 15) is 4.79 Å². The molecule has 2 aromatic heterocycles. The van der Waals surface area contributed by atoms with Gasteiger partial charge in [-0.25, -0.2) is 0 Å². The van der Waals surface area contributed by atoms with Crippen LogP contribution < -0.4 is 5.32 Å². The van der Waals surface area contributed by atoms with Gasteiger partial charge in [-0.2, -0.15) is 0 Å². The van der Waals surface area contributed by atoms with E-state index in [1.165, 1.54) is 0 Å². The molecule has 0 spiro atoms. The predicted molar refractivity (Wildman–Crippen MR) is 88.1 cm³/mol. The van der Waals surface area contributed by atoms with Crippen LogP contribution in [0, 0.1) is 6.92 Å². The van der Waals surface area contributed by atoms with E-state index < -0.39 is 0 Å². The molecule has 0 saturated carbocycles. The number of rotatable bonds is 6. The first-order chi connectivity index (χ1) is 11.2. The number of nitrogens with one attached hydrogen (secondary N) is 1. The Hall–Kier alpha value is -2.47. The highest BCUT2D eigenvalue weighted by Gasteiger charge is 2.21. The first-order valence-electron chi connectivity index (χ1n) is 7.36. The molecule has 0 aliphatic carbocycles. The Bertz CT molecular complexity index is 753. The van der Waals surface area contributed by atoms with Gasteiger partial charge < -0.3 is 9.73 Å². The standard InChI is InChI=1S/C17H17N3O2S/c1-12-19-20-17(22-12)15(10-13-6-3-2-4-7-13)18-16(21)11-14-8-5-9-23-14/h2-9,15H,10-11H2,1H3,(H,18,21). The average Bonchev–Trinajstić information content (AvgIpc) is 3.19. The zero-order valence-corrected chi connectivity index (χ0v) is 13.5. The molecule has 0 aliphatic heterocycles. The number of amides is 1. The molecule has 1 aromatic carbocycles. The van der Waals surface area contributed by atoms with Crippen molar-refractivity contribution >= 4 is 17.2 Å². The number of aromatic nitrogens is 2. The lowest BCUT2D eigenvalue weighted by Crippen LogP contribution is -2.31. The fourth-order valence-electron chi connectivity index (χ4n) is 2.32. The molecule has 6 heteroatoms. The summed E-state index contributed by atoms with van der Waals surface area (Å²) in [5.74, 6) is 0.876. The summed E-state index contributed by atoms with van der Waals surface area (Å²) >= 11 is 1.57. The predicted octanol–water partition coefficient (Wildman–Crippen LogP) is 3.08. The second kappa shape index (κ2) is 7.19. The number of carbonyl (C=O) groups is 1. The summed E-state index contributed by atoms with van der Waals surface area (Å²) < 4.78 is 5.52. The SMILES string of the molecule is Cc1nnc(C(Cc2ccccc2)NC(=O)Cc2cccs2)o1. The van der Waals surface area contributed by atoms with E-state index in [-0.39, 0.29) is 11.9 Å². The maximum Gasteiger partial charge on any atom is 0.239 e. The van der Waals surface area contributed by atoms with Crippen LogP contribution in [0.3, 0.4) is 0 Å². The first kappa shape index (κ1) is 15.4. The molecule has 0 aliphatic rings. The Morgan fingerprint density at radius 2 is 2.04 bits per heavy atom. The van der Waals surface area contributed by atoms with Gasteiger partial charge in [0, 0.05) is 18.2 Å². The topological polar surface area (TPSA) is 68.0 Å². The van der Waals surface area contributed by atoms with E-state index in [1.54, 1.807) is 18.3 Å². The van der Waals surface area contributed by atoms with Crippen molar-refractivity contribution in [3.05, 3.63) is 70.1 Å². The highest BCUT2D eigenvalue weighted by molar-refractivity contribution is 7.10. The van der Waals surface area contributed by atoms with Crippen molar-refractivity contribution in [2.24, 2.45) is 0 Å². The fraction of sp³-hybridized carbons (Fsp3) is 0.235. The van der Waals surface area contributed by atoms with Crippen molar-refractivity contribution in [3.63, 3.8) is 0 Å². The second-order valence-electron chi connectivity index (χ2n) is 5.23. The Kier molecular flexibility index (Phi) is 4.83. The second-order valence-corrected chi connectivity index (χ2v) is 6.26. The van der Waals surface area contributed by atoms with Crippen LogP contribution in [0.2, 0.25) is 0 Å². The van der Waals surface area contributed by atoms with E-state index in [4.69, 9.17) is 4.42 Å². The largest absolute Gasteiger partial charge is 0.423 e. The summed E-state index contributed by atoms with van der Waals surface area (Å²) in [6.45, 7) is 1.74. The number of aryl methyl sites for hydroxylation is 1. The van der Waals surface area contributed by atoms with Crippen molar-refractivity contribution in [2.45, 2.75) is 25.8 Å². The minimum Gasteiger partial charge on any atom is -0.423 e. The lowest BCUT2D eigenvalue weighted by atomic mass is 10.1. The molecule has 1 amide bonds. The molecule has 3 rings (SSSR count). The Balaban J connectivity index is 1.73. The van der Waals surface area contributed by atoms with Crippen LogP contribution in [0.15, 0.2) is 52.3 Å². The minimum absolute atomic E-state index is 0.0516. The van der Waals surface area contributed by atoms with E-state index in [0.29, 0.717) is 24.6 Å². The lowest BCUT2D eigenvalue weighted by Gasteiger charge is -2.15. The number of hydrogen-bond acceptors (Lipinski definition) is 5.